The SMILES string of the molecule is Cc1nc(-c2ccccc2)sc1C(=O)OCC(=O)Nc1cccc(Cl)c1C. The zero-order chi connectivity index (χ0) is 19.4. The highest BCUT2D eigenvalue weighted by atomic mass is 35.5. The van der Waals surface area contributed by atoms with Gasteiger partial charge < -0.3 is 10.1 Å². The molecule has 2 aromatic carbocycles. The van der Waals surface area contributed by atoms with Crippen LogP contribution < -0.4 is 5.32 Å². The van der Waals surface area contributed by atoms with Crippen molar-refractivity contribution >= 4 is 40.5 Å². The smallest absolute Gasteiger partial charge is 0.350 e. The molecule has 27 heavy (non-hydrogen) atoms. The van der Waals surface area contributed by atoms with Crippen molar-refractivity contribution in [2.24, 2.45) is 0 Å². The molecule has 0 atom stereocenters. The van der Waals surface area contributed by atoms with Gasteiger partial charge in [0, 0.05) is 16.3 Å². The van der Waals surface area contributed by atoms with Crippen LogP contribution in [-0.2, 0) is 9.53 Å². The van der Waals surface area contributed by atoms with Gasteiger partial charge in [0.05, 0.1) is 5.69 Å². The lowest BCUT2D eigenvalue weighted by Gasteiger charge is -2.09. The summed E-state index contributed by atoms with van der Waals surface area (Å²) in [5, 5.41) is 3.98. The molecule has 1 amide bonds. The summed E-state index contributed by atoms with van der Waals surface area (Å²) in [6, 6.07) is 14.8. The van der Waals surface area contributed by atoms with E-state index in [1.54, 1.807) is 32.0 Å². The molecular formula is C20H17ClN2O3S. The molecule has 1 N–H and O–H groups in total. The molecule has 0 bridgehead atoms. The average molecular weight is 401 g/mol. The summed E-state index contributed by atoms with van der Waals surface area (Å²) in [5.41, 5.74) is 2.85. The van der Waals surface area contributed by atoms with Crippen LogP contribution in [0.5, 0.6) is 0 Å². The fraction of sp³-hybridized carbons (Fsp3) is 0.150. The number of carbonyl (C=O) groups excluding carboxylic acids is 2. The minimum atomic E-state index is -0.565. The molecule has 1 aromatic heterocycles. The van der Waals surface area contributed by atoms with Crippen molar-refractivity contribution in [3.8, 4) is 10.6 Å². The minimum absolute atomic E-state index is 0.386. The molecule has 1 heterocycles. The summed E-state index contributed by atoms with van der Waals surface area (Å²) in [5.74, 6) is -0.996. The lowest BCUT2D eigenvalue weighted by atomic mass is 10.2. The van der Waals surface area contributed by atoms with Crippen LogP contribution in [0.25, 0.3) is 10.6 Å². The Balaban J connectivity index is 1.63. The summed E-state index contributed by atoms with van der Waals surface area (Å²) < 4.78 is 5.15. The lowest BCUT2D eigenvalue weighted by Crippen LogP contribution is -2.21. The van der Waals surface area contributed by atoms with Crippen molar-refractivity contribution in [3.63, 3.8) is 0 Å². The average Bonchev–Trinajstić information content (AvgIpc) is 3.06. The quantitative estimate of drug-likeness (QED) is 0.620. The first-order valence-electron chi connectivity index (χ1n) is 8.20. The van der Waals surface area contributed by atoms with Gasteiger partial charge in [-0.05, 0) is 31.5 Å². The summed E-state index contributed by atoms with van der Waals surface area (Å²) in [6.45, 7) is 3.16. The number of rotatable bonds is 5. The number of hydrogen-bond donors (Lipinski definition) is 1. The molecule has 7 heteroatoms. The van der Waals surface area contributed by atoms with Crippen molar-refractivity contribution in [1.29, 1.82) is 0 Å². The predicted octanol–water partition coefficient (Wildman–Crippen LogP) is 4.88. The van der Waals surface area contributed by atoms with E-state index in [0.29, 0.717) is 21.3 Å². The van der Waals surface area contributed by atoms with E-state index in [0.717, 1.165) is 16.1 Å². The zero-order valence-electron chi connectivity index (χ0n) is 14.8. The number of nitrogens with zero attached hydrogens (tertiary/aromatic N) is 1. The second kappa shape index (κ2) is 8.33. The number of esters is 1. The van der Waals surface area contributed by atoms with E-state index in [-0.39, 0.29) is 6.61 Å². The van der Waals surface area contributed by atoms with Crippen molar-refractivity contribution in [3.05, 3.63) is 69.7 Å². The highest BCUT2D eigenvalue weighted by Gasteiger charge is 2.19. The van der Waals surface area contributed by atoms with Crippen molar-refractivity contribution < 1.29 is 14.3 Å². The molecule has 0 aliphatic heterocycles. The molecule has 0 saturated carbocycles. The van der Waals surface area contributed by atoms with Crippen LogP contribution in [0.15, 0.2) is 48.5 Å². The van der Waals surface area contributed by atoms with Gasteiger partial charge >= 0.3 is 5.97 Å². The first-order valence-corrected chi connectivity index (χ1v) is 9.40. The van der Waals surface area contributed by atoms with Crippen LogP contribution in [0, 0.1) is 13.8 Å². The number of carbonyl (C=O) groups is 2. The molecule has 0 aliphatic carbocycles. The highest BCUT2D eigenvalue weighted by Crippen LogP contribution is 2.28. The number of anilines is 1. The van der Waals surface area contributed by atoms with Gasteiger partial charge in [-0.2, -0.15) is 0 Å². The minimum Gasteiger partial charge on any atom is -0.451 e. The molecule has 0 radical (unpaired) electrons. The first kappa shape index (κ1) is 19.1. The largest absolute Gasteiger partial charge is 0.451 e. The summed E-state index contributed by atoms with van der Waals surface area (Å²) in [7, 11) is 0. The third-order valence-corrected chi connectivity index (χ3v) is 5.47. The Bertz CT molecular complexity index is 986. The molecule has 5 nitrogen and oxygen atoms in total. The number of aromatic nitrogens is 1. The number of amides is 1. The van der Waals surface area contributed by atoms with Crippen LogP contribution in [-0.4, -0.2) is 23.5 Å². The van der Waals surface area contributed by atoms with Crippen LogP contribution in [0.2, 0.25) is 5.02 Å². The Hall–Kier alpha value is -2.70. The van der Waals surface area contributed by atoms with Gasteiger partial charge in [-0.25, -0.2) is 9.78 Å². The molecule has 0 unspecified atom stereocenters. The van der Waals surface area contributed by atoms with E-state index in [2.05, 4.69) is 10.3 Å². The fourth-order valence-electron chi connectivity index (χ4n) is 2.42. The van der Waals surface area contributed by atoms with E-state index in [1.165, 1.54) is 11.3 Å². The summed E-state index contributed by atoms with van der Waals surface area (Å²) >= 11 is 7.28. The van der Waals surface area contributed by atoms with Crippen LogP contribution >= 0.6 is 22.9 Å². The summed E-state index contributed by atoms with van der Waals surface area (Å²) in [4.78, 5) is 29.2. The Kier molecular flexibility index (Phi) is 5.88. The van der Waals surface area contributed by atoms with Crippen molar-refractivity contribution in [2.75, 3.05) is 11.9 Å². The number of ether oxygens (including phenoxy) is 1. The predicted molar refractivity (Wildman–Crippen MR) is 107 cm³/mol. The van der Waals surface area contributed by atoms with Crippen molar-refractivity contribution in [2.45, 2.75) is 13.8 Å². The Morgan fingerprint density at radius 2 is 1.85 bits per heavy atom. The van der Waals surface area contributed by atoms with Gasteiger partial charge in [0.15, 0.2) is 6.61 Å². The Morgan fingerprint density at radius 3 is 2.59 bits per heavy atom. The summed E-state index contributed by atoms with van der Waals surface area (Å²) in [6.07, 6.45) is 0. The molecule has 138 valence electrons. The van der Waals surface area contributed by atoms with Crippen LogP contribution in [0.1, 0.15) is 20.9 Å². The molecule has 0 aliphatic rings. The Labute approximate surface area is 166 Å². The van der Waals surface area contributed by atoms with E-state index in [1.807, 2.05) is 30.3 Å². The van der Waals surface area contributed by atoms with E-state index < -0.39 is 11.9 Å². The molecule has 3 rings (SSSR count). The maximum absolute atomic E-state index is 12.3. The molecule has 0 spiro atoms. The van der Waals surface area contributed by atoms with Gasteiger partial charge in [-0.15, -0.1) is 11.3 Å². The third kappa shape index (κ3) is 4.53. The van der Waals surface area contributed by atoms with Gasteiger partial charge in [0.1, 0.15) is 9.88 Å². The zero-order valence-corrected chi connectivity index (χ0v) is 16.4. The first-order chi connectivity index (χ1) is 13.0. The monoisotopic (exact) mass is 400 g/mol. The highest BCUT2D eigenvalue weighted by molar-refractivity contribution is 7.17. The van der Waals surface area contributed by atoms with Gasteiger partial charge in [0.25, 0.3) is 5.91 Å². The maximum Gasteiger partial charge on any atom is 0.350 e. The number of thiazole rings is 1. The number of aryl methyl sites for hydroxylation is 1. The number of halogens is 1. The van der Waals surface area contributed by atoms with Crippen LogP contribution in [0.4, 0.5) is 5.69 Å². The maximum atomic E-state index is 12.3. The number of hydrogen-bond acceptors (Lipinski definition) is 5. The van der Waals surface area contributed by atoms with Gasteiger partial charge in [0.2, 0.25) is 0 Å². The molecular weight excluding hydrogens is 384 g/mol. The topological polar surface area (TPSA) is 68.3 Å². The van der Waals surface area contributed by atoms with E-state index in [9.17, 15) is 9.59 Å². The second-order valence-corrected chi connectivity index (χ2v) is 7.24. The van der Waals surface area contributed by atoms with E-state index in [4.69, 9.17) is 16.3 Å². The standard InChI is InChI=1S/C20H17ClN2O3S/c1-12-15(21)9-6-10-16(12)23-17(24)11-26-20(25)18-13(2)22-19(27-18)14-7-4-3-5-8-14/h3-10H,11H2,1-2H3,(H,23,24). The molecule has 0 fully saturated rings. The number of benzene rings is 2. The van der Waals surface area contributed by atoms with E-state index >= 15 is 0 Å². The molecule has 3 aromatic rings. The normalized spacial score (nSPS) is 10.5. The number of nitrogens with one attached hydrogen (secondary N) is 1. The van der Waals surface area contributed by atoms with Crippen LogP contribution in [0.3, 0.4) is 0 Å². The fourth-order valence-corrected chi connectivity index (χ4v) is 3.56. The van der Waals surface area contributed by atoms with Gasteiger partial charge in [-0.1, -0.05) is 48.0 Å². The Morgan fingerprint density at radius 1 is 1.11 bits per heavy atom. The van der Waals surface area contributed by atoms with Gasteiger partial charge in [-0.3, -0.25) is 4.79 Å². The third-order valence-electron chi connectivity index (χ3n) is 3.88. The van der Waals surface area contributed by atoms with Crippen molar-refractivity contribution in [1.82, 2.24) is 4.98 Å². The second-order valence-electron chi connectivity index (χ2n) is 5.84. The molecule has 0 saturated heterocycles. The lowest BCUT2D eigenvalue weighted by molar-refractivity contribution is -0.119.